The summed E-state index contributed by atoms with van der Waals surface area (Å²) in [5.41, 5.74) is 0. The van der Waals surface area contributed by atoms with Crippen LogP contribution in [0.1, 0.15) is 19.8 Å². The number of benzene rings is 2. The van der Waals surface area contributed by atoms with Gasteiger partial charge in [0.2, 0.25) is 0 Å². The van der Waals surface area contributed by atoms with Crippen LogP contribution in [0.3, 0.4) is 0 Å². The van der Waals surface area contributed by atoms with Gasteiger partial charge in [-0.3, -0.25) is 0 Å². The van der Waals surface area contributed by atoms with Gasteiger partial charge >= 0.3 is 0 Å². The molecule has 0 radical (unpaired) electrons. The number of piperidine rings is 1. The molecular weight excluding hydrogens is 274 g/mol. The highest BCUT2D eigenvalue weighted by atomic mass is 16.5. The van der Waals surface area contributed by atoms with Crippen LogP contribution < -0.4 is 4.74 Å². The van der Waals surface area contributed by atoms with E-state index in [4.69, 9.17) is 4.74 Å². The van der Waals surface area contributed by atoms with Crippen molar-refractivity contribution in [2.45, 2.75) is 25.9 Å². The molecule has 0 aromatic heterocycles. The fourth-order valence-electron chi connectivity index (χ4n) is 3.31. The first-order valence-corrected chi connectivity index (χ1v) is 8.23. The number of rotatable bonds is 5. The number of hydrogen-bond acceptors (Lipinski definition) is 3. The molecule has 1 heterocycles. The first-order chi connectivity index (χ1) is 10.7. The van der Waals surface area contributed by atoms with Gasteiger partial charge in [0.15, 0.2) is 0 Å². The molecule has 1 saturated heterocycles. The highest BCUT2D eigenvalue weighted by Gasteiger charge is 2.19. The minimum absolute atomic E-state index is 0.346. The van der Waals surface area contributed by atoms with E-state index >= 15 is 0 Å². The highest BCUT2D eigenvalue weighted by molar-refractivity contribution is 5.88. The fraction of sp³-hybridized carbons (Fsp3) is 0.474. The Morgan fingerprint density at radius 1 is 1.23 bits per heavy atom. The quantitative estimate of drug-likeness (QED) is 0.919. The first-order valence-electron chi connectivity index (χ1n) is 8.23. The SMILES string of the molecule is C[C@@H]1CCCN(C[C@H](O)COc2cccc3ccccc23)C1. The summed E-state index contributed by atoms with van der Waals surface area (Å²) < 4.78 is 5.87. The predicted molar refractivity (Wildman–Crippen MR) is 90.3 cm³/mol. The largest absolute Gasteiger partial charge is 0.490 e. The lowest BCUT2D eigenvalue weighted by Gasteiger charge is -2.32. The number of hydrogen-bond donors (Lipinski definition) is 1. The molecule has 2 aromatic rings. The Morgan fingerprint density at radius 2 is 2.05 bits per heavy atom. The molecule has 0 aliphatic carbocycles. The van der Waals surface area contributed by atoms with Crippen molar-refractivity contribution < 1.29 is 9.84 Å². The Labute approximate surface area is 132 Å². The van der Waals surface area contributed by atoms with Crippen LogP contribution in [0.5, 0.6) is 5.75 Å². The van der Waals surface area contributed by atoms with E-state index in [0.717, 1.165) is 30.1 Å². The van der Waals surface area contributed by atoms with Crippen molar-refractivity contribution >= 4 is 10.8 Å². The van der Waals surface area contributed by atoms with E-state index in [1.165, 1.54) is 18.2 Å². The van der Waals surface area contributed by atoms with Gasteiger partial charge in [-0.1, -0.05) is 43.3 Å². The zero-order valence-corrected chi connectivity index (χ0v) is 13.2. The maximum Gasteiger partial charge on any atom is 0.127 e. The summed E-state index contributed by atoms with van der Waals surface area (Å²) in [6, 6.07) is 14.2. The summed E-state index contributed by atoms with van der Waals surface area (Å²) in [5.74, 6) is 1.59. The van der Waals surface area contributed by atoms with E-state index in [2.05, 4.69) is 30.0 Å². The van der Waals surface area contributed by atoms with Gasteiger partial charge in [-0.2, -0.15) is 0 Å². The van der Waals surface area contributed by atoms with Gasteiger partial charge in [0, 0.05) is 18.5 Å². The zero-order chi connectivity index (χ0) is 15.4. The third kappa shape index (κ3) is 3.79. The molecular formula is C19H25NO2. The van der Waals surface area contributed by atoms with Crippen molar-refractivity contribution in [1.29, 1.82) is 0 Å². The zero-order valence-electron chi connectivity index (χ0n) is 13.2. The third-order valence-electron chi connectivity index (χ3n) is 4.39. The molecule has 3 heteroatoms. The van der Waals surface area contributed by atoms with Crippen molar-refractivity contribution in [3.05, 3.63) is 42.5 Å². The second-order valence-corrected chi connectivity index (χ2v) is 6.45. The second kappa shape index (κ2) is 7.12. The molecule has 3 nitrogen and oxygen atoms in total. The topological polar surface area (TPSA) is 32.7 Å². The number of nitrogens with zero attached hydrogens (tertiary/aromatic N) is 1. The molecule has 0 saturated carbocycles. The smallest absolute Gasteiger partial charge is 0.127 e. The summed E-state index contributed by atoms with van der Waals surface area (Å²) in [6.07, 6.45) is 2.10. The van der Waals surface area contributed by atoms with Crippen molar-refractivity contribution in [2.75, 3.05) is 26.2 Å². The Hall–Kier alpha value is -1.58. The van der Waals surface area contributed by atoms with E-state index in [0.29, 0.717) is 13.2 Å². The lowest BCUT2D eigenvalue weighted by molar-refractivity contribution is 0.0541. The van der Waals surface area contributed by atoms with E-state index < -0.39 is 6.10 Å². The van der Waals surface area contributed by atoms with Crippen LogP contribution in [-0.4, -0.2) is 42.4 Å². The van der Waals surface area contributed by atoms with Gasteiger partial charge in [-0.25, -0.2) is 0 Å². The molecule has 2 atom stereocenters. The van der Waals surface area contributed by atoms with Crippen molar-refractivity contribution in [3.63, 3.8) is 0 Å². The van der Waals surface area contributed by atoms with E-state index in [9.17, 15) is 5.11 Å². The van der Waals surface area contributed by atoms with E-state index in [1.54, 1.807) is 0 Å². The Kier molecular flexibility index (Phi) is 4.96. The molecule has 1 fully saturated rings. The standard InChI is InChI=1S/C19H25NO2/c1-15-6-5-11-20(12-15)13-17(21)14-22-19-10-4-8-16-7-2-3-9-18(16)19/h2-4,7-10,15,17,21H,5-6,11-14H2,1H3/t15-,17+/m1/s1. The lowest BCUT2D eigenvalue weighted by atomic mass is 10.0. The molecule has 2 aromatic carbocycles. The summed E-state index contributed by atoms with van der Waals surface area (Å²) in [5, 5.41) is 12.5. The molecule has 22 heavy (non-hydrogen) atoms. The summed E-state index contributed by atoms with van der Waals surface area (Å²) in [4.78, 5) is 2.35. The maximum absolute atomic E-state index is 10.3. The van der Waals surface area contributed by atoms with E-state index in [1.807, 2.05) is 24.3 Å². The van der Waals surface area contributed by atoms with Gasteiger partial charge in [0.25, 0.3) is 0 Å². The molecule has 0 spiro atoms. The Bertz CT molecular complexity index is 608. The number of ether oxygens (including phenoxy) is 1. The number of likely N-dealkylation sites (tertiary alicyclic amines) is 1. The number of aliphatic hydroxyl groups excluding tert-OH is 1. The molecule has 3 rings (SSSR count). The second-order valence-electron chi connectivity index (χ2n) is 6.45. The van der Waals surface area contributed by atoms with E-state index in [-0.39, 0.29) is 0 Å². The number of β-amino-alcohol motifs (C(OH)–C–C–N with tert-alkyl or cyclic N) is 1. The molecule has 0 unspecified atom stereocenters. The molecule has 1 aliphatic heterocycles. The predicted octanol–water partition coefficient (Wildman–Crippen LogP) is 3.31. The molecule has 1 aliphatic rings. The molecule has 118 valence electrons. The third-order valence-corrected chi connectivity index (χ3v) is 4.39. The van der Waals surface area contributed by atoms with Crippen LogP contribution in [0.15, 0.2) is 42.5 Å². The number of fused-ring (bicyclic) bond motifs is 1. The van der Waals surface area contributed by atoms with Crippen molar-refractivity contribution in [3.8, 4) is 5.75 Å². The first kappa shape index (κ1) is 15.3. The van der Waals surface area contributed by atoms with Gasteiger partial charge in [0.05, 0.1) is 0 Å². The van der Waals surface area contributed by atoms with Crippen LogP contribution in [-0.2, 0) is 0 Å². The van der Waals surface area contributed by atoms with Crippen LogP contribution >= 0.6 is 0 Å². The normalized spacial score (nSPS) is 20.9. The summed E-state index contributed by atoms with van der Waals surface area (Å²) in [7, 11) is 0. The highest BCUT2D eigenvalue weighted by Crippen LogP contribution is 2.25. The van der Waals surface area contributed by atoms with Gasteiger partial charge < -0.3 is 14.7 Å². The maximum atomic E-state index is 10.3. The summed E-state index contributed by atoms with van der Waals surface area (Å²) >= 11 is 0. The minimum Gasteiger partial charge on any atom is -0.490 e. The molecule has 1 N–H and O–H groups in total. The minimum atomic E-state index is -0.440. The fourth-order valence-corrected chi connectivity index (χ4v) is 3.31. The molecule has 0 bridgehead atoms. The molecule has 0 amide bonds. The Balaban J connectivity index is 1.57. The van der Waals surface area contributed by atoms with Crippen LogP contribution in [0.4, 0.5) is 0 Å². The lowest BCUT2D eigenvalue weighted by Crippen LogP contribution is -2.41. The van der Waals surface area contributed by atoms with Gasteiger partial charge in [-0.05, 0) is 36.8 Å². The van der Waals surface area contributed by atoms with Crippen LogP contribution in [0.25, 0.3) is 10.8 Å². The van der Waals surface area contributed by atoms with Gasteiger partial charge in [0.1, 0.15) is 18.5 Å². The average Bonchev–Trinajstić information content (AvgIpc) is 2.53. The monoisotopic (exact) mass is 299 g/mol. The summed E-state index contributed by atoms with van der Waals surface area (Å²) in [6.45, 7) is 5.51. The average molecular weight is 299 g/mol. The van der Waals surface area contributed by atoms with Crippen LogP contribution in [0, 0.1) is 5.92 Å². The number of aliphatic hydroxyl groups is 1. The van der Waals surface area contributed by atoms with Crippen molar-refractivity contribution in [1.82, 2.24) is 4.90 Å². The van der Waals surface area contributed by atoms with Crippen molar-refractivity contribution in [2.24, 2.45) is 5.92 Å². The van der Waals surface area contributed by atoms with Gasteiger partial charge in [-0.15, -0.1) is 0 Å². The Morgan fingerprint density at radius 3 is 2.91 bits per heavy atom. The van der Waals surface area contributed by atoms with Crippen LogP contribution in [0.2, 0.25) is 0 Å².